The first-order valence-electron chi connectivity index (χ1n) is 8.72. The van der Waals surface area contributed by atoms with Crippen LogP contribution in [-0.2, 0) is 11.3 Å². The summed E-state index contributed by atoms with van der Waals surface area (Å²) in [6, 6.07) is 11.0. The molecule has 1 aromatic carbocycles. The van der Waals surface area contributed by atoms with Gasteiger partial charge >= 0.3 is 0 Å². The minimum absolute atomic E-state index is 0.0283. The van der Waals surface area contributed by atoms with Gasteiger partial charge < -0.3 is 14.5 Å². The molecule has 2 aromatic rings. The van der Waals surface area contributed by atoms with Gasteiger partial charge in [-0.2, -0.15) is 5.10 Å². The third kappa shape index (κ3) is 3.71. The predicted molar refractivity (Wildman–Crippen MR) is 99.6 cm³/mol. The Morgan fingerprint density at radius 3 is 2.73 bits per heavy atom. The second-order valence-electron chi connectivity index (χ2n) is 6.52. The molecule has 0 N–H and O–H groups in total. The quantitative estimate of drug-likeness (QED) is 0.826. The lowest BCUT2D eigenvalue weighted by molar-refractivity contribution is -0.134. The summed E-state index contributed by atoms with van der Waals surface area (Å²) in [5.74, 6) is 0.743. The molecule has 1 aliphatic rings. The number of anilines is 1. The molecule has 1 fully saturated rings. The number of rotatable bonds is 4. The summed E-state index contributed by atoms with van der Waals surface area (Å²) in [6.07, 6.45) is 0. The van der Waals surface area contributed by atoms with Crippen molar-refractivity contribution in [2.45, 2.75) is 26.4 Å². The number of nitrogens with zero attached hydrogens (tertiary/aromatic N) is 4. The van der Waals surface area contributed by atoms with Crippen molar-refractivity contribution < 1.29 is 9.53 Å². The van der Waals surface area contributed by atoms with Gasteiger partial charge in [-0.15, -0.1) is 0 Å². The zero-order valence-electron chi connectivity index (χ0n) is 15.4. The van der Waals surface area contributed by atoms with Gasteiger partial charge in [0, 0.05) is 31.7 Å². The minimum Gasteiger partial charge on any atom is -0.495 e. The Morgan fingerprint density at radius 2 is 2.00 bits per heavy atom. The Hall–Kier alpha value is -2.83. The molecular weight excluding hydrogens is 332 g/mol. The van der Waals surface area contributed by atoms with Crippen LogP contribution in [0.5, 0.6) is 5.75 Å². The van der Waals surface area contributed by atoms with E-state index in [1.807, 2.05) is 36.1 Å². The number of carbonyl (C=O) groups is 1. The number of aryl methyl sites for hydroxylation is 1. The third-order valence-corrected chi connectivity index (χ3v) is 4.66. The highest BCUT2D eigenvalue weighted by Gasteiger charge is 2.28. The Morgan fingerprint density at radius 1 is 1.23 bits per heavy atom. The molecule has 2 heterocycles. The summed E-state index contributed by atoms with van der Waals surface area (Å²) in [5, 5.41) is 4.15. The van der Waals surface area contributed by atoms with E-state index in [-0.39, 0.29) is 24.1 Å². The average molecular weight is 356 g/mol. The van der Waals surface area contributed by atoms with Gasteiger partial charge in [0.1, 0.15) is 12.3 Å². The predicted octanol–water partition coefficient (Wildman–Crippen LogP) is 1.30. The molecule has 1 atom stereocenters. The van der Waals surface area contributed by atoms with E-state index in [0.29, 0.717) is 25.3 Å². The number of hydrogen-bond donors (Lipinski definition) is 0. The van der Waals surface area contributed by atoms with Gasteiger partial charge in [-0.25, -0.2) is 4.68 Å². The lowest BCUT2D eigenvalue weighted by atomic mass is 10.1. The summed E-state index contributed by atoms with van der Waals surface area (Å²) < 4.78 is 6.68. The lowest BCUT2D eigenvalue weighted by Crippen LogP contribution is -2.55. The summed E-state index contributed by atoms with van der Waals surface area (Å²) in [6.45, 7) is 5.81. The number of hydrogen-bond acceptors (Lipinski definition) is 5. The maximum absolute atomic E-state index is 12.7. The Bertz CT molecular complexity index is 849. The fourth-order valence-electron chi connectivity index (χ4n) is 3.32. The molecule has 0 spiro atoms. The Labute approximate surface area is 152 Å². The van der Waals surface area contributed by atoms with Crippen molar-refractivity contribution in [3.63, 3.8) is 0 Å². The molecule has 26 heavy (non-hydrogen) atoms. The first kappa shape index (κ1) is 18.0. The highest BCUT2D eigenvalue weighted by Crippen LogP contribution is 2.29. The van der Waals surface area contributed by atoms with E-state index in [2.05, 4.69) is 10.00 Å². The van der Waals surface area contributed by atoms with E-state index in [4.69, 9.17) is 4.74 Å². The SMILES string of the molecule is COc1ccccc1N1CCN(C(=O)Cn2nc(C)ccc2=O)[C@@H](C)C1. The van der Waals surface area contributed by atoms with Gasteiger partial charge in [0.05, 0.1) is 18.5 Å². The molecule has 1 aromatic heterocycles. The van der Waals surface area contributed by atoms with Gasteiger partial charge in [0.25, 0.3) is 5.56 Å². The normalized spacial score (nSPS) is 17.3. The van der Waals surface area contributed by atoms with Crippen molar-refractivity contribution in [1.82, 2.24) is 14.7 Å². The van der Waals surface area contributed by atoms with Crippen molar-refractivity contribution in [2.75, 3.05) is 31.6 Å². The van der Waals surface area contributed by atoms with Crippen LogP contribution in [0.3, 0.4) is 0 Å². The smallest absolute Gasteiger partial charge is 0.267 e. The van der Waals surface area contributed by atoms with Crippen molar-refractivity contribution in [1.29, 1.82) is 0 Å². The highest BCUT2D eigenvalue weighted by molar-refractivity contribution is 5.76. The second kappa shape index (κ2) is 7.59. The number of para-hydroxylation sites is 2. The van der Waals surface area contributed by atoms with E-state index in [1.165, 1.54) is 10.7 Å². The monoisotopic (exact) mass is 356 g/mol. The number of benzene rings is 1. The van der Waals surface area contributed by atoms with Gasteiger partial charge in [-0.05, 0) is 32.0 Å². The van der Waals surface area contributed by atoms with Gasteiger partial charge in [-0.3, -0.25) is 9.59 Å². The van der Waals surface area contributed by atoms with Crippen LogP contribution in [0.2, 0.25) is 0 Å². The first-order chi connectivity index (χ1) is 12.5. The van der Waals surface area contributed by atoms with Crippen molar-refractivity contribution in [3.8, 4) is 5.75 Å². The molecule has 0 bridgehead atoms. The summed E-state index contributed by atoms with van der Waals surface area (Å²) in [4.78, 5) is 28.6. The molecular formula is C19H24N4O3. The molecule has 138 valence electrons. The zero-order valence-corrected chi connectivity index (χ0v) is 15.4. The molecule has 0 saturated carbocycles. The van der Waals surface area contributed by atoms with Crippen LogP contribution in [0.1, 0.15) is 12.6 Å². The van der Waals surface area contributed by atoms with E-state index < -0.39 is 0 Å². The van der Waals surface area contributed by atoms with Crippen LogP contribution in [0, 0.1) is 6.92 Å². The fraction of sp³-hybridized carbons (Fsp3) is 0.421. The lowest BCUT2D eigenvalue weighted by Gasteiger charge is -2.41. The maximum atomic E-state index is 12.7. The third-order valence-electron chi connectivity index (χ3n) is 4.66. The summed E-state index contributed by atoms with van der Waals surface area (Å²) in [5.41, 5.74) is 1.49. The Balaban J connectivity index is 1.69. The van der Waals surface area contributed by atoms with Crippen molar-refractivity contribution in [3.05, 3.63) is 52.4 Å². The molecule has 7 heteroatoms. The van der Waals surface area contributed by atoms with E-state index >= 15 is 0 Å². The molecule has 0 unspecified atom stereocenters. The van der Waals surface area contributed by atoms with E-state index in [1.54, 1.807) is 20.1 Å². The van der Waals surface area contributed by atoms with Crippen LogP contribution in [0.4, 0.5) is 5.69 Å². The maximum Gasteiger partial charge on any atom is 0.267 e. The fourth-order valence-corrected chi connectivity index (χ4v) is 3.32. The molecule has 0 aliphatic carbocycles. The molecule has 3 rings (SSSR count). The first-order valence-corrected chi connectivity index (χ1v) is 8.72. The molecule has 7 nitrogen and oxygen atoms in total. The van der Waals surface area contributed by atoms with E-state index in [9.17, 15) is 9.59 Å². The zero-order chi connectivity index (χ0) is 18.7. The number of piperazine rings is 1. The second-order valence-corrected chi connectivity index (χ2v) is 6.52. The molecule has 1 saturated heterocycles. The topological polar surface area (TPSA) is 67.7 Å². The summed E-state index contributed by atoms with van der Waals surface area (Å²) >= 11 is 0. The number of aromatic nitrogens is 2. The number of methoxy groups -OCH3 is 1. The average Bonchev–Trinajstić information content (AvgIpc) is 2.64. The van der Waals surface area contributed by atoms with Crippen LogP contribution in [-0.4, -0.2) is 53.4 Å². The highest BCUT2D eigenvalue weighted by atomic mass is 16.5. The summed E-state index contributed by atoms with van der Waals surface area (Å²) in [7, 11) is 1.66. The minimum atomic E-state index is -0.260. The standard InChI is InChI=1S/C19H24N4O3/c1-14-8-9-18(24)23(20-14)13-19(25)22-11-10-21(12-15(22)2)16-6-4-5-7-17(16)26-3/h4-9,15H,10-13H2,1-3H3/t15-/m0/s1. The molecule has 1 amide bonds. The number of carbonyl (C=O) groups excluding carboxylic acids is 1. The van der Waals surface area contributed by atoms with Gasteiger partial charge in [0.2, 0.25) is 5.91 Å². The number of amides is 1. The van der Waals surface area contributed by atoms with Crippen LogP contribution >= 0.6 is 0 Å². The Kier molecular flexibility index (Phi) is 5.25. The largest absolute Gasteiger partial charge is 0.495 e. The van der Waals surface area contributed by atoms with Crippen LogP contribution in [0.25, 0.3) is 0 Å². The van der Waals surface area contributed by atoms with Crippen molar-refractivity contribution in [2.24, 2.45) is 0 Å². The van der Waals surface area contributed by atoms with E-state index in [0.717, 1.165) is 11.4 Å². The molecule has 0 radical (unpaired) electrons. The van der Waals surface area contributed by atoms with Crippen molar-refractivity contribution >= 4 is 11.6 Å². The van der Waals surface area contributed by atoms with Crippen LogP contribution < -0.4 is 15.2 Å². The number of ether oxygens (including phenoxy) is 1. The van der Waals surface area contributed by atoms with Gasteiger partial charge in [0.15, 0.2) is 0 Å². The van der Waals surface area contributed by atoms with Gasteiger partial charge in [-0.1, -0.05) is 12.1 Å². The van der Waals surface area contributed by atoms with Crippen LogP contribution in [0.15, 0.2) is 41.2 Å². The molecule has 1 aliphatic heterocycles.